The van der Waals surface area contributed by atoms with E-state index < -0.39 is 0 Å². The summed E-state index contributed by atoms with van der Waals surface area (Å²) in [5, 5.41) is 5.36. The third kappa shape index (κ3) is 3.43. The van der Waals surface area contributed by atoms with Gasteiger partial charge in [-0.1, -0.05) is 59.1 Å². The van der Waals surface area contributed by atoms with Crippen LogP contribution < -0.4 is 5.32 Å². The highest BCUT2D eigenvalue weighted by Gasteiger charge is 2.16. The van der Waals surface area contributed by atoms with Gasteiger partial charge in [0.15, 0.2) is 0 Å². The average molecular weight is 315 g/mol. The molecule has 100 valence electrons. The highest BCUT2D eigenvalue weighted by atomic mass is 35.5. The van der Waals surface area contributed by atoms with Crippen LogP contribution in [0.1, 0.15) is 17.2 Å². The second-order valence-corrected chi connectivity index (χ2v) is 5.49. The Morgan fingerprint density at radius 1 is 0.895 bits per heavy atom. The molecule has 0 radical (unpaired) electrons. The van der Waals surface area contributed by atoms with Gasteiger partial charge in [-0.2, -0.15) is 0 Å². The van der Waals surface area contributed by atoms with E-state index in [4.69, 9.17) is 34.8 Å². The molecule has 0 aliphatic carbocycles. The molecule has 0 aromatic heterocycles. The van der Waals surface area contributed by atoms with Crippen molar-refractivity contribution in [1.82, 2.24) is 5.32 Å². The monoisotopic (exact) mass is 313 g/mol. The van der Waals surface area contributed by atoms with Gasteiger partial charge in [-0.05, 0) is 42.8 Å². The first-order valence-corrected chi connectivity index (χ1v) is 7.11. The van der Waals surface area contributed by atoms with Crippen LogP contribution in [0.4, 0.5) is 0 Å². The van der Waals surface area contributed by atoms with Gasteiger partial charge in [0.05, 0.1) is 0 Å². The number of benzene rings is 2. The van der Waals surface area contributed by atoms with Crippen LogP contribution in [0, 0.1) is 0 Å². The normalized spacial score (nSPS) is 12.4. The topological polar surface area (TPSA) is 12.0 Å². The van der Waals surface area contributed by atoms with Crippen molar-refractivity contribution < 1.29 is 0 Å². The molecule has 2 aromatic rings. The molecule has 1 N–H and O–H groups in total. The van der Waals surface area contributed by atoms with Crippen LogP contribution in [0.5, 0.6) is 0 Å². The molecule has 0 saturated heterocycles. The predicted octanol–water partition coefficient (Wildman–Crippen LogP) is 5.15. The quantitative estimate of drug-likeness (QED) is 0.823. The van der Waals surface area contributed by atoms with E-state index in [1.165, 1.54) is 0 Å². The SMILES string of the molecule is CNC(Cc1c(Cl)cccc1Cl)c1ccccc1Cl. The number of nitrogens with one attached hydrogen (secondary N) is 1. The summed E-state index contributed by atoms with van der Waals surface area (Å²) in [7, 11) is 1.90. The summed E-state index contributed by atoms with van der Waals surface area (Å²) >= 11 is 18.7. The smallest absolute Gasteiger partial charge is 0.0453 e. The van der Waals surface area contributed by atoms with Crippen molar-refractivity contribution in [1.29, 1.82) is 0 Å². The summed E-state index contributed by atoms with van der Waals surface area (Å²) in [5.41, 5.74) is 1.98. The summed E-state index contributed by atoms with van der Waals surface area (Å²) in [6, 6.07) is 13.4. The molecule has 1 unspecified atom stereocenters. The third-order valence-corrected chi connectivity index (χ3v) is 4.15. The molecule has 0 aliphatic heterocycles. The van der Waals surface area contributed by atoms with Gasteiger partial charge >= 0.3 is 0 Å². The standard InChI is InChI=1S/C15H14Cl3N/c1-19-15(10-5-2-3-6-12(10)16)9-11-13(17)7-4-8-14(11)18/h2-8,15,19H,9H2,1H3. The van der Waals surface area contributed by atoms with E-state index in [-0.39, 0.29) is 6.04 Å². The van der Waals surface area contributed by atoms with E-state index in [0.717, 1.165) is 16.1 Å². The van der Waals surface area contributed by atoms with Gasteiger partial charge in [0, 0.05) is 21.1 Å². The fourth-order valence-electron chi connectivity index (χ4n) is 2.06. The van der Waals surface area contributed by atoms with Crippen LogP contribution >= 0.6 is 34.8 Å². The maximum absolute atomic E-state index is 6.24. The van der Waals surface area contributed by atoms with Crippen molar-refractivity contribution >= 4 is 34.8 Å². The summed E-state index contributed by atoms with van der Waals surface area (Å²) in [6.45, 7) is 0. The molecular formula is C15H14Cl3N. The molecule has 0 heterocycles. The molecule has 0 fully saturated rings. The fraction of sp³-hybridized carbons (Fsp3) is 0.200. The minimum atomic E-state index is 0.0751. The van der Waals surface area contributed by atoms with Crippen molar-refractivity contribution in [2.75, 3.05) is 7.05 Å². The molecule has 0 spiro atoms. The predicted molar refractivity (Wildman–Crippen MR) is 83.4 cm³/mol. The van der Waals surface area contributed by atoms with Crippen molar-refractivity contribution in [3.63, 3.8) is 0 Å². The molecule has 0 saturated carbocycles. The first-order valence-electron chi connectivity index (χ1n) is 5.98. The molecule has 0 amide bonds. The van der Waals surface area contributed by atoms with Gasteiger partial charge < -0.3 is 5.32 Å². The lowest BCUT2D eigenvalue weighted by molar-refractivity contribution is 0.592. The van der Waals surface area contributed by atoms with E-state index in [1.54, 1.807) is 0 Å². The summed E-state index contributed by atoms with van der Waals surface area (Å²) in [4.78, 5) is 0. The zero-order valence-electron chi connectivity index (χ0n) is 10.5. The Hall–Kier alpha value is -0.730. The summed E-state index contributed by atoms with van der Waals surface area (Å²) < 4.78 is 0. The van der Waals surface area contributed by atoms with Crippen molar-refractivity contribution in [2.24, 2.45) is 0 Å². The van der Waals surface area contributed by atoms with E-state index in [2.05, 4.69) is 5.32 Å². The number of likely N-dealkylation sites (N-methyl/N-ethyl adjacent to an activating group) is 1. The molecule has 2 rings (SSSR count). The van der Waals surface area contributed by atoms with E-state index in [1.807, 2.05) is 49.5 Å². The Morgan fingerprint density at radius 2 is 1.47 bits per heavy atom. The zero-order chi connectivity index (χ0) is 13.8. The number of hydrogen-bond donors (Lipinski definition) is 1. The van der Waals surface area contributed by atoms with Crippen molar-refractivity contribution in [3.8, 4) is 0 Å². The highest BCUT2D eigenvalue weighted by molar-refractivity contribution is 6.36. The highest BCUT2D eigenvalue weighted by Crippen LogP contribution is 2.31. The molecule has 4 heteroatoms. The zero-order valence-corrected chi connectivity index (χ0v) is 12.7. The van der Waals surface area contributed by atoms with E-state index in [9.17, 15) is 0 Å². The molecule has 0 aliphatic rings. The van der Waals surface area contributed by atoms with Gasteiger partial charge in [-0.25, -0.2) is 0 Å². The second-order valence-electron chi connectivity index (χ2n) is 4.27. The minimum absolute atomic E-state index is 0.0751. The number of hydrogen-bond acceptors (Lipinski definition) is 1. The van der Waals surface area contributed by atoms with Crippen molar-refractivity contribution in [3.05, 3.63) is 68.7 Å². The fourth-order valence-corrected chi connectivity index (χ4v) is 2.88. The Morgan fingerprint density at radius 3 is 2.05 bits per heavy atom. The average Bonchev–Trinajstić information content (AvgIpc) is 2.40. The third-order valence-electron chi connectivity index (χ3n) is 3.10. The van der Waals surface area contributed by atoms with Gasteiger partial charge in [0.1, 0.15) is 0 Å². The van der Waals surface area contributed by atoms with Crippen LogP contribution in [0.3, 0.4) is 0 Å². The molecule has 0 bridgehead atoms. The van der Waals surface area contributed by atoms with E-state index >= 15 is 0 Å². The largest absolute Gasteiger partial charge is 0.313 e. The van der Waals surface area contributed by atoms with Gasteiger partial charge in [0.2, 0.25) is 0 Å². The lowest BCUT2D eigenvalue weighted by atomic mass is 9.99. The Kier molecular flexibility index (Phi) is 5.12. The van der Waals surface area contributed by atoms with Crippen LogP contribution in [0.2, 0.25) is 15.1 Å². The molecular weight excluding hydrogens is 301 g/mol. The molecule has 19 heavy (non-hydrogen) atoms. The maximum Gasteiger partial charge on any atom is 0.0453 e. The van der Waals surface area contributed by atoms with Crippen LogP contribution in [-0.4, -0.2) is 7.05 Å². The lowest BCUT2D eigenvalue weighted by Gasteiger charge is -2.19. The number of rotatable bonds is 4. The lowest BCUT2D eigenvalue weighted by Crippen LogP contribution is -2.19. The van der Waals surface area contributed by atoms with Gasteiger partial charge in [0.25, 0.3) is 0 Å². The Labute approximate surface area is 128 Å². The van der Waals surface area contributed by atoms with Gasteiger partial charge in [-0.15, -0.1) is 0 Å². The first kappa shape index (κ1) is 14.7. The van der Waals surface area contributed by atoms with Crippen molar-refractivity contribution in [2.45, 2.75) is 12.5 Å². The molecule has 1 atom stereocenters. The summed E-state index contributed by atoms with van der Waals surface area (Å²) in [5.74, 6) is 0. The maximum atomic E-state index is 6.24. The van der Waals surface area contributed by atoms with Gasteiger partial charge in [-0.3, -0.25) is 0 Å². The Bertz CT molecular complexity index is 549. The molecule has 1 nitrogen and oxygen atoms in total. The molecule has 2 aromatic carbocycles. The van der Waals surface area contributed by atoms with Crippen LogP contribution in [-0.2, 0) is 6.42 Å². The van der Waals surface area contributed by atoms with E-state index in [0.29, 0.717) is 16.5 Å². The second kappa shape index (κ2) is 6.62. The number of halogens is 3. The van der Waals surface area contributed by atoms with Crippen LogP contribution in [0.15, 0.2) is 42.5 Å². The first-order chi connectivity index (χ1) is 9.13. The van der Waals surface area contributed by atoms with Crippen LogP contribution in [0.25, 0.3) is 0 Å². The Balaban J connectivity index is 2.32. The minimum Gasteiger partial charge on any atom is -0.313 e. The summed E-state index contributed by atoms with van der Waals surface area (Å²) in [6.07, 6.45) is 0.693.